The summed E-state index contributed by atoms with van der Waals surface area (Å²) in [5, 5.41) is 14.2. The molecule has 0 amide bonds. The van der Waals surface area contributed by atoms with Crippen LogP contribution in [0.2, 0.25) is 0 Å². The Morgan fingerprint density at radius 3 is 1.75 bits per heavy atom. The number of nitrogens with zero attached hydrogens (tertiary/aromatic N) is 1. The second-order valence-corrected chi connectivity index (χ2v) is 2.37. The third kappa shape index (κ3) is 4.76. The molecule has 0 fully saturated rings. The summed E-state index contributed by atoms with van der Waals surface area (Å²) in [6.07, 6.45) is 0. The van der Waals surface area contributed by atoms with Gasteiger partial charge in [0.05, 0.1) is 0 Å². The Bertz CT molecular complexity index is 192. The van der Waals surface area contributed by atoms with E-state index in [0.717, 1.165) is 0 Å². The van der Waals surface area contributed by atoms with Crippen LogP contribution in [0.5, 0.6) is 0 Å². The molecule has 1 aromatic rings. The summed E-state index contributed by atoms with van der Waals surface area (Å²) in [6.45, 7) is 0. The Morgan fingerprint density at radius 1 is 1.08 bits per heavy atom. The summed E-state index contributed by atoms with van der Waals surface area (Å²) < 4.78 is 0. The van der Waals surface area contributed by atoms with E-state index >= 15 is 0 Å². The lowest BCUT2D eigenvalue weighted by Gasteiger charge is -2.10. The summed E-state index contributed by atoms with van der Waals surface area (Å²) in [6, 6.07) is 10.3. The maximum absolute atomic E-state index is 7.12. The molecule has 0 aliphatic rings. The molecule has 0 radical (unpaired) electrons. The number of para-hydroxylation sites is 1. The monoisotopic (exact) mass is 167 g/mol. The van der Waals surface area contributed by atoms with Gasteiger partial charge in [0, 0.05) is 19.8 Å². The van der Waals surface area contributed by atoms with Gasteiger partial charge in [-0.2, -0.15) is 0 Å². The third-order valence-corrected chi connectivity index (χ3v) is 1.27. The second kappa shape index (κ2) is 6.70. The summed E-state index contributed by atoms with van der Waals surface area (Å²) in [7, 11) is 3.32. The molecule has 4 heteroatoms. The van der Waals surface area contributed by atoms with Crippen LogP contribution in [0.25, 0.3) is 0 Å². The first-order chi connectivity index (χ1) is 5.72. The van der Waals surface area contributed by atoms with Crippen LogP contribution in [0.15, 0.2) is 30.3 Å². The van der Waals surface area contributed by atoms with Crippen LogP contribution in [-0.4, -0.2) is 31.8 Å². The molecule has 0 aromatic heterocycles. The third-order valence-electron chi connectivity index (χ3n) is 1.27. The van der Waals surface area contributed by atoms with E-state index in [1.54, 1.807) is 0 Å². The van der Waals surface area contributed by atoms with Gasteiger partial charge >= 0.3 is 7.69 Å². The molecule has 2 N–H and O–H groups in total. The molecule has 0 spiro atoms. The van der Waals surface area contributed by atoms with Crippen LogP contribution in [0, 0.1) is 0 Å². The Morgan fingerprint density at radius 2 is 1.50 bits per heavy atom. The first kappa shape index (κ1) is 11.0. The van der Waals surface area contributed by atoms with Crippen molar-refractivity contribution in [2.75, 3.05) is 19.0 Å². The van der Waals surface area contributed by atoms with Crippen LogP contribution in [-0.2, 0) is 0 Å². The summed E-state index contributed by atoms with van der Waals surface area (Å²) in [5.41, 5.74) is 1.25. The van der Waals surface area contributed by atoms with Crippen molar-refractivity contribution >= 4 is 13.4 Å². The smallest absolute Gasteiger partial charge is 0.430 e. The molecule has 0 saturated heterocycles. The van der Waals surface area contributed by atoms with Crippen molar-refractivity contribution in [3.05, 3.63) is 30.3 Å². The second-order valence-electron chi connectivity index (χ2n) is 2.37. The molecule has 0 saturated carbocycles. The van der Waals surface area contributed by atoms with Gasteiger partial charge in [0.2, 0.25) is 0 Å². The minimum atomic E-state index is -0.750. The number of rotatable bonds is 1. The van der Waals surface area contributed by atoms with Gasteiger partial charge in [-0.15, -0.1) is 0 Å². The van der Waals surface area contributed by atoms with E-state index in [-0.39, 0.29) is 0 Å². The van der Waals surface area contributed by atoms with Gasteiger partial charge in [0.25, 0.3) is 0 Å². The average molecular weight is 167 g/mol. The van der Waals surface area contributed by atoms with Gasteiger partial charge in [0.1, 0.15) is 0 Å². The van der Waals surface area contributed by atoms with Crippen LogP contribution in [0.1, 0.15) is 0 Å². The normalized spacial score (nSPS) is 8.00. The first-order valence-corrected chi connectivity index (χ1v) is 3.66. The van der Waals surface area contributed by atoms with Crippen molar-refractivity contribution in [3.63, 3.8) is 0 Å². The molecule has 1 rings (SSSR count). The van der Waals surface area contributed by atoms with Crippen molar-refractivity contribution in [2.24, 2.45) is 0 Å². The van der Waals surface area contributed by atoms with Crippen molar-refractivity contribution in [1.82, 2.24) is 0 Å². The van der Waals surface area contributed by atoms with E-state index in [0.29, 0.717) is 0 Å². The highest BCUT2D eigenvalue weighted by atomic mass is 16.4. The highest BCUT2D eigenvalue weighted by Crippen LogP contribution is 2.07. The van der Waals surface area contributed by atoms with Gasteiger partial charge in [-0.05, 0) is 12.1 Å². The molecule has 0 aliphatic carbocycles. The molecule has 0 bridgehead atoms. The topological polar surface area (TPSA) is 43.7 Å². The zero-order valence-electron chi connectivity index (χ0n) is 7.44. The maximum Gasteiger partial charge on any atom is 0.432 e. The molecule has 12 heavy (non-hydrogen) atoms. The molecular formula is C8H14BNO2. The highest BCUT2D eigenvalue weighted by Gasteiger charge is 1.87. The van der Waals surface area contributed by atoms with Crippen molar-refractivity contribution in [3.8, 4) is 0 Å². The SMILES string of the molecule is CN(C)c1ccccc1.OBO. The molecule has 0 unspecified atom stereocenters. The lowest BCUT2D eigenvalue weighted by Crippen LogP contribution is -2.07. The number of hydrogen-bond acceptors (Lipinski definition) is 3. The lowest BCUT2D eigenvalue weighted by molar-refractivity contribution is 0.448. The van der Waals surface area contributed by atoms with Crippen LogP contribution >= 0.6 is 0 Å². The fraction of sp³-hybridized carbons (Fsp3) is 0.250. The highest BCUT2D eigenvalue weighted by molar-refractivity contribution is 6.13. The van der Waals surface area contributed by atoms with E-state index in [9.17, 15) is 0 Å². The Balaban J connectivity index is 0.000000354. The summed E-state index contributed by atoms with van der Waals surface area (Å²) in [5.74, 6) is 0. The molecule has 3 nitrogen and oxygen atoms in total. The lowest BCUT2D eigenvalue weighted by atomic mass is 10.3. The summed E-state index contributed by atoms with van der Waals surface area (Å²) in [4.78, 5) is 2.08. The Hall–Kier alpha value is -0.995. The fourth-order valence-electron chi connectivity index (χ4n) is 0.726. The Kier molecular flexibility index (Phi) is 6.14. The van der Waals surface area contributed by atoms with E-state index < -0.39 is 7.69 Å². The zero-order chi connectivity index (χ0) is 9.40. The predicted molar refractivity (Wildman–Crippen MR) is 52.4 cm³/mol. The van der Waals surface area contributed by atoms with Gasteiger partial charge in [-0.3, -0.25) is 0 Å². The van der Waals surface area contributed by atoms with Crippen LogP contribution in [0.4, 0.5) is 5.69 Å². The molecule has 1 aromatic carbocycles. The van der Waals surface area contributed by atoms with Gasteiger partial charge in [0.15, 0.2) is 0 Å². The predicted octanol–water partition coefficient (Wildman–Crippen LogP) is -0.00990. The Labute approximate surface area is 73.6 Å². The van der Waals surface area contributed by atoms with E-state index in [1.165, 1.54) is 5.69 Å². The summed E-state index contributed by atoms with van der Waals surface area (Å²) >= 11 is 0. The van der Waals surface area contributed by atoms with E-state index in [1.807, 2.05) is 32.3 Å². The largest absolute Gasteiger partial charge is 0.432 e. The minimum absolute atomic E-state index is 0.750. The van der Waals surface area contributed by atoms with E-state index in [2.05, 4.69) is 17.0 Å². The van der Waals surface area contributed by atoms with Gasteiger partial charge in [-0.25, -0.2) is 0 Å². The van der Waals surface area contributed by atoms with Crippen molar-refractivity contribution in [2.45, 2.75) is 0 Å². The number of anilines is 1. The molecule has 66 valence electrons. The standard InChI is InChI=1S/C8H11N.BH3O2/c1-9(2)8-6-4-3-5-7-8;2-1-3/h3-7H,1-2H3;1-3H. The fourth-order valence-corrected chi connectivity index (χ4v) is 0.726. The molecule has 0 atom stereocenters. The van der Waals surface area contributed by atoms with Crippen molar-refractivity contribution in [1.29, 1.82) is 0 Å². The average Bonchev–Trinajstić information content (AvgIpc) is 2.07. The first-order valence-electron chi connectivity index (χ1n) is 3.66. The quantitative estimate of drug-likeness (QED) is 0.578. The van der Waals surface area contributed by atoms with Crippen molar-refractivity contribution < 1.29 is 10.0 Å². The molecule has 0 heterocycles. The van der Waals surface area contributed by atoms with Gasteiger partial charge < -0.3 is 14.9 Å². The van der Waals surface area contributed by atoms with Gasteiger partial charge in [-0.1, -0.05) is 18.2 Å². The minimum Gasteiger partial charge on any atom is -0.430 e. The van der Waals surface area contributed by atoms with Crippen LogP contribution < -0.4 is 4.90 Å². The number of benzene rings is 1. The number of hydrogen-bond donors (Lipinski definition) is 2. The molecular weight excluding hydrogens is 153 g/mol. The molecule has 0 aliphatic heterocycles. The maximum atomic E-state index is 7.12. The zero-order valence-corrected chi connectivity index (χ0v) is 7.44. The van der Waals surface area contributed by atoms with Crippen LogP contribution in [0.3, 0.4) is 0 Å². The van der Waals surface area contributed by atoms with E-state index in [4.69, 9.17) is 10.0 Å².